The summed E-state index contributed by atoms with van der Waals surface area (Å²) in [7, 11) is 3.21. The number of nitrogens with zero attached hydrogens (tertiary/aromatic N) is 1. The van der Waals surface area contributed by atoms with E-state index in [4.69, 9.17) is 18.9 Å². The van der Waals surface area contributed by atoms with Gasteiger partial charge in [0.05, 0.1) is 31.5 Å². The van der Waals surface area contributed by atoms with Gasteiger partial charge in [-0.2, -0.15) is 0 Å². The van der Waals surface area contributed by atoms with Crippen molar-refractivity contribution in [2.75, 3.05) is 14.2 Å². The zero-order valence-corrected chi connectivity index (χ0v) is 17.9. The average molecular weight is 420 g/mol. The van der Waals surface area contributed by atoms with Crippen LogP contribution in [-0.2, 0) is 16.1 Å². The van der Waals surface area contributed by atoms with E-state index in [-0.39, 0.29) is 18.4 Å². The quantitative estimate of drug-likeness (QED) is 0.412. The number of hydrogen-bond acceptors (Lipinski definition) is 6. The number of esters is 1. The molecule has 0 fully saturated rings. The number of benzene rings is 2. The highest BCUT2D eigenvalue weighted by Crippen LogP contribution is 2.34. The summed E-state index contributed by atoms with van der Waals surface area (Å²) in [6, 6.07) is 13.1. The molecule has 7 nitrogen and oxygen atoms in total. The van der Waals surface area contributed by atoms with Crippen molar-refractivity contribution in [2.45, 2.75) is 26.6 Å². The molecule has 2 heterocycles. The number of H-pyrrole nitrogens is 1. The van der Waals surface area contributed by atoms with E-state index in [0.717, 1.165) is 27.6 Å². The third-order valence-electron chi connectivity index (χ3n) is 4.83. The Balaban J connectivity index is 1.80. The Morgan fingerprint density at radius 3 is 2.39 bits per heavy atom. The summed E-state index contributed by atoms with van der Waals surface area (Å²) in [6.07, 6.45) is 1.41. The lowest BCUT2D eigenvalue weighted by atomic mass is 10.1. The number of carbonyl (C=O) groups is 1. The summed E-state index contributed by atoms with van der Waals surface area (Å²) in [6.45, 7) is 3.84. The number of carbonyl (C=O) groups excluding carboxylic acids is 1. The lowest BCUT2D eigenvalue weighted by molar-refractivity contribution is 0.0366. The van der Waals surface area contributed by atoms with Gasteiger partial charge in [-0.25, -0.2) is 9.78 Å². The van der Waals surface area contributed by atoms with Crippen LogP contribution in [0.3, 0.4) is 0 Å². The van der Waals surface area contributed by atoms with Gasteiger partial charge in [0, 0.05) is 29.0 Å². The van der Waals surface area contributed by atoms with E-state index in [9.17, 15) is 4.79 Å². The van der Waals surface area contributed by atoms with Crippen LogP contribution in [0.25, 0.3) is 21.8 Å². The minimum atomic E-state index is -0.469. The smallest absolute Gasteiger partial charge is 0.357 e. The average Bonchev–Trinajstić information content (AvgIpc) is 3.12. The van der Waals surface area contributed by atoms with Crippen molar-refractivity contribution < 1.29 is 23.7 Å². The molecule has 7 heteroatoms. The number of aromatic amines is 1. The molecule has 0 aliphatic heterocycles. The zero-order valence-electron chi connectivity index (χ0n) is 17.9. The van der Waals surface area contributed by atoms with Gasteiger partial charge in [0.2, 0.25) is 0 Å². The van der Waals surface area contributed by atoms with E-state index in [0.29, 0.717) is 17.1 Å². The molecule has 0 saturated carbocycles. The minimum Gasteiger partial charge on any atom is -0.497 e. The predicted octanol–water partition coefficient (Wildman–Crippen LogP) is 5.23. The van der Waals surface area contributed by atoms with Crippen molar-refractivity contribution >= 4 is 27.8 Å². The maximum Gasteiger partial charge on any atom is 0.357 e. The maximum atomic E-state index is 12.6. The molecule has 2 aromatic heterocycles. The first-order valence-electron chi connectivity index (χ1n) is 9.95. The van der Waals surface area contributed by atoms with E-state index in [1.165, 1.54) is 0 Å². The van der Waals surface area contributed by atoms with E-state index < -0.39 is 5.97 Å². The lowest BCUT2D eigenvalue weighted by Gasteiger charge is -2.12. The monoisotopic (exact) mass is 420 g/mol. The molecule has 0 aliphatic carbocycles. The van der Waals surface area contributed by atoms with Crippen molar-refractivity contribution in [2.24, 2.45) is 0 Å². The van der Waals surface area contributed by atoms with Crippen LogP contribution >= 0.6 is 0 Å². The second-order valence-corrected chi connectivity index (χ2v) is 7.37. The highest BCUT2D eigenvalue weighted by molar-refractivity contribution is 6.11. The van der Waals surface area contributed by atoms with Gasteiger partial charge in [0.1, 0.15) is 17.2 Å². The molecule has 4 aromatic rings. The van der Waals surface area contributed by atoms with Gasteiger partial charge in [-0.1, -0.05) is 0 Å². The second-order valence-electron chi connectivity index (χ2n) is 7.37. The van der Waals surface area contributed by atoms with E-state index >= 15 is 0 Å². The first kappa shape index (κ1) is 20.7. The molecule has 0 atom stereocenters. The number of pyridine rings is 1. The number of methoxy groups -OCH3 is 2. The summed E-state index contributed by atoms with van der Waals surface area (Å²) in [5.41, 5.74) is 2.65. The molecule has 1 N–H and O–H groups in total. The van der Waals surface area contributed by atoms with E-state index in [1.54, 1.807) is 34.3 Å². The van der Waals surface area contributed by atoms with Gasteiger partial charge in [-0.15, -0.1) is 0 Å². The van der Waals surface area contributed by atoms with Gasteiger partial charge >= 0.3 is 5.97 Å². The molecule has 0 amide bonds. The summed E-state index contributed by atoms with van der Waals surface area (Å²) in [5.74, 6) is 1.66. The van der Waals surface area contributed by atoms with Crippen molar-refractivity contribution in [1.82, 2.24) is 9.97 Å². The highest BCUT2D eigenvalue weighted by Gasteiger charge is 2.21. The summed E-state index contributed by atoms with van der Waals surface area (Å²) >= 11 is 0. The third-order valence-corrected chi connectivity index (χ3v) is 4.83. The Bertz CT molecular complexity index is 1230. The normalized spacial score (nSPS) is 11.3. The van der Waals surface area contributed by atoms with Crippen LogP contribution in [0.15, 0.2) is 48.7 Å². The van der Waals surface area contributed by atoms with Crippen molar-refractivity contribution in [1.29, 1.82) is 0 Å². The molecule has 0 saturated heterocycles. The predicted molar refractivity (Wildman–Crippen MR) is 118 cm³/mol. The van der Waals surface area contributed by atoms with Crippen LogP contribution in [0.1, 0.15) is 29.9 Å². The van der Waals surface area contributed by atoms with Crippen LogP contribution in [0.5, 0.6) is 17.2 Å². The molecule has 0 radical (unpaired) electrons. The molecule has 31 heavy (non-hydrogen) atoms. The Morgan fingerprint density at radius 1 is 1.00 bits per heavy atom. The van der Waals surface area contributed by atoms with Gasteiger partial charge in [-0.05, 0) is 56.3 Å². The van der Waals surface area contributed by atoms with Crippen LogP contribution in [0, 0.1) is 0 Å². The largest absolute Gasteiger partial charge is 0.497 e. The molecule has 0 unspecified atom stereocenters. The fourth-order valence-electron chi connectivity index (χ4n) is 3.51. The maximum absolute atomic E-state index is 12.6. The van der Waals surface area contributed by atoms with Crippen molar-refractivity contribution in [3.8, 4) is 17.2 Å². The lowest BCUT2D eigenvalue weighted by Crippen LogP contribution is -2.15. The molecule has 0 bridgehead atoms. The fourth-order valence-corrected chi connectivity index (χ4v) is 3.51. The Labute approximate surface area is 179 Å². The number of ether oxygens (including phenoxy) is 4. The molecule has 160 valence electrons. The second kappa shape index (κ2) is 8.65. The van der Waals surface area contributed by atoms with E-state index in [1.807, 2.05) is 42.5 Å². The zero-order chi connectivity index (χ0) is 22.0. The van der Waals surface area contributed by atoms with Crippen molar-refractivity contribution in [3.63, 3.8) is 0 Å². The Kier molecular flexibility index (Phi) is 5.77. The van der Waals surface area contributed by atoms with Gasteiger partial charge in [0.25, 0.3) is 0 Å². The SMILES string of the molecule is COCc1c(C(=O)OC(C)C)ncc2[nH]c3ccc(Oc4ccc(OC)cc4)cc3c12. The van der Waals surface area contributed by atoms with Crippen LogP contribution in [0.2, 0.25) is 0 Å². The number of aromatic nitrogens is 2. The first-order valence-corrected chi connectivity index (χ1v) is 9.95. The van der Waals surface area contributed by atoms with Crippen LogP contribution < -0.4 is 9.47 Å². The van der Waals surface area contributed by atoms with Crippen molar-refractivity contribution in [3.05, 3.63) is 59.9 Å². The molecular weight excluding hydrogens is 396 g/mol. The molecule has 2 aromatic carbocycles. The fraction of sp³-hybridized carbons (Fsp3) is 0.250. The third kappa shape index (κ3) is 4.18. The van der Waals surface area contributed by atoms with Crippen LogP contribution in [0.4, 0.5) is 0 Å². The van der Waals surface area contributed by atoms with Gasteiger partial charge in [-0.3, -0.25) is 0 Å². The molecular formula is C24H24N2O5. The van der Waals surface area contributed by atoms with E-state index in [2.05, 4.69) is 9.97 Å². The molecule has 0 aliphatic rings. The number of rotatable bonds is 7. The Hall–Kier alpha value is -3.58. The number of hydrogen-bond donors (Lipinski definition) is 1. The number of fused-ring (bicyclic) bond motifs is 3. The molecule has 0 spiro atoms. The standard InChI is InChI=1S/C24H24N2O5/c1-14(2)30-24(27)23-19(13-28-3)22-18-11-17(9-10-20(18)26-21(22)12-25-23)31-16-7-5-15(29-4)6-8-16/h5-12,14,26H,13H2,1-4H3. The minimum absolute atomic E-state index is 0.226. The summed E-state index contributed by atoms with van der Waals surface area (Å²) in [5, 5.41) is 1.77. The van der Waals surface area contributed by atoms with Gasteiger partial charge < -0.3 is 23.9 Å². The summed E-state index contributed by atoms with van der Waals surface area (Å²) < 4.78 is 22.0. The Morgan fingerprint density at radius 2 is 1.71 bits per heavy atom. The molecule has 4 rings (SSSR count). The number of nitrogens with one attached hydrogen (secondary N) is 1. The van der Waals surface area contributed by atoms with Gasteiger partial charge in [0.15, 0.2) is 5.69 Å². The topological polar surface area (TPSA) is 82.7 Å². The highest BCUT2D eigenvalue weighted by atomic mass is 16.5. The summed E-state index contributed by atoms with van der Waals surface area (Å²) in [4.78, 5) is 20.3. The van der Waals surface area contributed by atoms with Crippen LogP contribution in [-0.4, -0.2) is 36.3 Å². The first-order chi connectivity index (χ1) is 15.0.